The number of rotatable bonds is 7. The maximum absolute atomic E-state index is 6.01. The molecule has 3 N–H and O–H groups in total. The van der Waals surface area contributed by atoms with E-state index >= 15 is 0 Å². The van der Waals surface area contributed by atoms with Gasteiger partial charge in [-0.05, 0) is 58.8 Å². The molecule has 0 spiro atoms. The first-order valence-electron chi connectivity index (χ1n) is 8.06. The van der Waals surface area contributed by atoms with E-state index in [1.807, 2.05) is 0 Å². The third-order valence-electron chi connectivity index (χ3n) is 4.70. The number of halogens is 1. The molecular formula is C15H32IN5. The number of nitrogens with one attached hydrogen (secondary N) is 1. The summed E-state index contributed by atoms with van der Waals surface area (Å²) in [6, 6.07) is 1.18. The zero-order valence-corrected chi connectivity index (χ0v) is 16.0. The summed E-state index contributed by atoms with van der Waals surface area (Å²) in [5, 5.41) is 3.31. The molecule has 5 nitrogen and oxygen atoms in total. The second-order valence-electron chi connectivity index (χ2n) is 6.40. The Hall–Kier alpha value is -0.0800. The van der Waals surface area contributed by atoms with E-state index in [2.05, 4.69) is 41.1 Å². The predicted octanol–water partition coefficient (Wildman–Crippen LogP) is 1.33. The molecule has 0 radical (unpaired) electrons. The van der Waals surface area contributed by atoms with E-state index in [4.69, 9.17) is 5.73 Å². The van der Waals surface area contributed by atoms with Gasteiger partial charge in [-0.3, -0.25) is 9.89 Å². The first-order valence-corrected chi connectivity index (χ1v) is 8.06. The normalized spacial score (nSPS) is 25.0. The van der Waals surface area contributed by atoms with Crippen molar-refractivity contribution >= 4 is 29.9 Å². The van der Waals surface area contributed by atoms with E-state index in [9.17, 15) is 0 Å². The van der Waals surface area contributed by atoms with Crippen molar-refractivity contribution in [3.05, 3.63) is 0 Å². The van der Waals surface area contributed by atoms with Crippen molar-refractivity contribution in [1.82, 2.24) is 15.1 Å². The van der Waals surface area contributed by atoms with Crippen LogP contribution < -0.4 is 11.1 Å². The molecule has 1 aliphatic heterocycles. The molecule has 0 amide bonds. The summed E-state index contributed by atoms with van der Waals surface area (Å²) in [5.74, 6) is 1.44. The highest BCUT2D eigenvalue weighted by atomic mass is 127. The number of hydrogen-bond donors (Lipinski definition) is 2. The van der Waals surface area contributed by atoms with Gasteiger partial charge in [0.25, 0.3) is 0 Å². The molecule has 0 aromatic rings. The molecular weight excluding hydrogens is 377 g/mol. The lowest BCUT2D eigenvalue weighted by atomic mass is 10.2. The van der Waals surface area contributed by atoms with Crippen LogP contribution in [0.1, 0.15) is 32.6 Å². The smallest absolute Gasteiger partial charge is 0.188 e. The highest BCUT2D eigenvalue weighted by molar-refractivity contribution is 14.0. The molecule has 1 saturated heterocycles. The lowest BCUT2D eigenvalue weighted by Gasteiger charge is -2.24. The Balaban J connectivity index is 0.00000220. The van der Waals surface area contributed by atoms with Crippen LogP contribution in [0.25, 0.3) is 0 Å². The third-order valence-corrected chi connectivity index (χ3v) is 4.70. The Labute approximate surface area is 146 Å². The number of aliphatic imine (C=N–C) groups is 1. The fourth-order valence-corrected chi connectivity index (χ4v) is 3.23. The molecule has 6 heteroatoms. The van der Waals surface area contributed by atoms with Crippen LogP contribution in [0.15, 0.2) is 4.99 Å². The van der Waals surface area contributed by atoms with Crippen molar-refractivity contribution in [3.63, 3.8) is 0 Å². The molecule has 124 valence electrons. The first-order chi connectivity index (χ1) is 9.61. The molecule has 1 heterocycles. The minimum Gasteiger partial charge on any atom is -0.370 e. The molecule has 2 atom stereocenters. The second kappa shape index (κ2) is 9.15. The zero-order valence-electron chi connectivity index (χ0n) is 13.7. The van der Waals surface area contributed by atoms with E-state index < -0.39 is 0 Å². The first kappa shape index (κ1) is 19.0. The van der Waals surface area contributed by atoms with Gasteiger partial charge in [0.1, 0.15) is 0 Å². The quantitative estimate of drug-likeness (QED) is 0.379. The van der Waals surface area contributed by atoms with Crippen molar-refractivity contribution in [2.24, 2.45) is 16.6 Å². The SMILES string of the molecule is CCN1CCCC1CNC(N)=NCC(C1CC1)N(C)C.I. The Morgan fingerprint density at radius 2 is 2.10 bits per heavy atom. The van der Waals surface area contributed by atoms with Crippen LogP contribution in [-0.2, 0) is 0 Å². The number of hydrogen-bond acceptors (Lipinski definition) is 3. The monoisotopic (exact) mass is 409 g/mol. The highest BCUT2D eigenvalue weighted by Gasteiger charge is 2.32. The van der Waals surface area contributed by atoms with Crippen LogP contribution in [0.4, 0.5) is 0 Å². The lowest BCUT2D eigenvalue weighted by Crippen LogP contribution is -2.43. The van der Waals surface area contributed by atoms with Gasteiger partial charge in [-0.25, -0.2) is 0 Å². The molecule has 0 aromatic heterocycles. The summed E-state index contributed by atoms with van der Waals surface area (Å²) in [6.07, 6.45) is 5.27. The topological polar surface area (TPSA) is 56.9 Å². The van der Waals surface area contributed by atoms with Crippen LogP contribution in [0.2, 0.25) is 0 Å². The molecule has 2 unspecified atom stereocenters. The van der Waals surface area contributed by atoms with Gasteiger partial charge in [0, 0.05) is 18.6 Å². The third kappa shape index (κ3) is 5.90. The van der Waals surface area contributed by atoms with Crippen LogP contribution in [0, 0.1) is 5.92 Å². The van der Waals surface area contributed by atoms with Crippen LogP contribution in [0.5, 0.6) is 0 Å². The van der Waals surface area contributed by atoms with Gasteiger partial charge in [-0.2, -0.15) is 0 Å². The van der Waals surface area contributed by atoms with Gasteiger partial charge in [0.05, 0.1) is 6.54 Å². The molecule has 0 bridgehead atoms. The molecule has 21 heavy (non-hydrogen) atoms. The van der Waals surface area contributed by atoms with Crippen molar-refractivity contribution in [2.75, 3.05) is 40.3 Å². The minimum absolute atomic E-state index is 0. The largest absolute Gasteiger partial charge is 0.370 e. The number of likely N-dealkylation sites (N-methyl/N-ethyl adjacent to an activating group) is 2. The highest BCUT2D eigenvalue weighted by Crippen LogP contribution is 2.34. The maximum Gasteiger partial charge on any atom is 0.188 e. The van der Waals surface area contributed by atoms with Gasteiger partial charge in [0.15, 0.2) is 5.96 Å². The number of guanidine groups is 1. The van der Waals surface area contributed by atoms with Crippen molar-refractivity contribution in [3.8, 4) is 0 Å². The Morgan fingerprint density at radius 1 is 1.38 bits per heavy atom. The number of likely N-dealkylation sites (tertiary alicyclic amines) is 1. The van der Waals surface area contributed by atoms with Crippen molar-refractivity contribution < 1.29 is 0 Å². The second-order valence-corrected chi connectivity index (χ2v) is 6.40. The summed E-state index contributed by atoms with van der Waals surface area (Å²) < 4.78 is 0. The molecule has 0 aromatic carbocycles. The van der Waals surface area contributed by atoms with Crippen molar-refractivity contribution in [1.29, 1.82) is 0 Å². The fraction of sp³-hybridized carbons (Fsp3) is 0.933. The van der Waals surface area contributed by atoms with Gasteiger partial charge in [-0.1, -0.05) is 6.92 Å². The lowest BCUT2D eigenvalue weighted by molar-refractivity contribution is 0.266. The Morgan fingerprint density at radius 3 is 2.67 bits per heavy atom. The van der Waals surface area contributed by atoms with Gasteiger partial charge < -0.3 is 16.0 Å². The molecule has 2 aliphatic rings. The number of nitrogens with two attached hydrogens (primary N) is 1. The zero-order chi connectivity index (χ0) is 14.5. The van der Waals surface area contributed by atoms with E-state index in [0.29, 0.717) is 18.0 Å². The van der Waals surface area contributed by atoms with E-state index in [-0.39, 0.29) is 24.0 Å². The van der Waals surface area contributed by atoms with Crippen LogP contribution in [-0.4, -0.2) is 68.1 Å². The fourth-order valence-electron chi connectivity index (χ4n) is 3.23. The van der Waals surface area contributed by atoms with Crippen LogP contribution >= 0.6 is 24.0 Å². The molecule has 1 saturated carbocycles. The summed E-state index contributed by atoms with van der Waals surface area (Å²) in [5.41, 5.74) is 6.01. The van der Waals surface area contributed by atoms with E-state index in [0.717, 1.165) is 25.6 Å². The summed E-state index contributed by atoms with van der Waals surface area (Å²) in [4.78, 5) is 9.34. The van der Waals surface area contributed by atoms with Gasteiger partial charge >= 0.3 is 0 Å². The van der Waals surface area contributed by atoms with Crippen LogP contribution in [0.3, 0.4) is 0 Å². The average Bonchev–Trinajstić information content (AvgIpc) is 3.14. The Bertz CT molecular complexity index is 328. The average molecular weight is 409 g/mol. The Kier molecular flexibility index (Phi) is 8.26. The molecule has 2 fully saturated rings. The standard InChI is InChI=1S/C15H31N5.HI/c1-4-20-9-5-6-13(20)10-17-15(16)18-11-14(19(2)3)12-7-8-12;/h12-14H,4-11H2,1-3H3,(H3,16,17,18);1H. The predicted molar refractivity (Wildman–Crippen MR) is 100 cm³/mol. The summed E-state index contributed by atoms with van der Waals surface area (Å²) in [7, 11) is 4.28. The molecule has 1 aliphatic carbocycles. The van der Waals surface area contributed by atoms with Crippen molar-refractivity contribution in [2.45, 2.75) is 44.7 Å². The number of nitrogens with zero attached hydrogens (tertiary/aromatic N) is 3. The minimum atomic E-state index is 0. The van der Waals surface area contributed by atoms with Gasteiger partial charge in [-0.15, -0.1) is 24.0 Å². The molecule has 2 rings (SSSR count). The van der Waals surface area contributed by atoms with E-state index in [1.165, 1.54) is 32.2 Å². The van der Waals surface area contributed by atoms with Gasteiger partial charge in [0.2, 0.25) is 0 Å². The summed E-state index contributed by atoms with van der Waals surface area (Å²) >= 11 is 0. The van der Waals surface area contributed by atoms with E-state index in [1.54, 1.807) is 0 Å². The summed E-state index contributed by atoms with van der Waals surface area (Å²) in [6.45, 7) is 6.34. The maximum atomic E-state index is 6.01.